The lowest BCUT2D eigenvalue weighted by atomic mass is 9.96. The van der Waals surface area contributed by atoms with Crippen LogP contribution in [0.2, 0.25) is 0 Å². The fourth-order valence-electron chi connectivity index (χ4n) is 3.82. The van der Waals surface area contributed by atoms with E-state index in [0.29, 0.717) is 36.4 Å². The van der Waals surface area contributed by atoms with Gasteiger partial charge in [0.05, 0.1) is 25.2 Å². The Morgan fingerprint density at radius 2 is 1.84 bits per heavy atom. The van der Waals surface area contributed by atoms with Crippen molar-refractivity contribution in [1.82, 2.24) is 10.6 Å². The molecule has 2 aliphatic rings. The van der Waals surface area contributed by atoms with Crippen LogP contribution < -0.4 is 20.1 Å². The molecule has 3 N–H and O–H groups in total. The second-order valence-corrected chi connectivity index (χ2v) is 7.81. The van der Waals surface area contributed by atoms with Crippen LogP contribution in [0.4, 0.5) is 4.39 Å². The predicted molar refractivity (Wildman–Crippen MR) is 112 cm³/mol. The van der Waals surface area contributed by atoms with Crippen LogP contribution in [0.3, 0.4) is 0 Å². The zero-order valence-corrected chi connectivity index (χ0v) is 17.4. The van der Waals surface area contributed by atoms with Crippen molar-refractivity contribution < 1.29 is 33.3 Å². The summed E-state index contributed by atoms with van der Waals surface area (Å²) in [7, 11) is 0. The molecule has 2 aromatic carbocycles. The van der Waals surface area contributed by atoms with Crippen molar-refractivity contribution in [2.24, 2.45) is 0 Å². The Kier molecular flexibility index (Phi) is 6.87. The number of aliphatic hydroxyl groups excluding tert-OH is 1. The molecule has 0 bridgehead atoms. The van der Waals surface area contributed by atoms with Gasteiger partial charge in [0.25, 0.3) is 5.91 Å². The lowest BCUT2D eigenvalue weighted by molar-refractivity contribution is -0.131. The number of halogens is 1. The molecule has 32 heavy (non-hydrogen) atoms. The Bertz CT molecular complexity index is 967. The van der Waals surface area contributed by atoms with E-state index in [1.807, 2.05) is 0 Å². The summed E-state index contributed by atoms with van der Waals surface area (Å²) < 4.78 is 29.4. The molecule has 170 valence electrons. The van der Waals surface area contributed by atoms with Crippen molar-refractivity contribution in [2.45, 2.75) is 44.1 Å². The lowest BCUT2D eigenvalue weighted by Gasteiger charge is -2.36. The largest absolute Gasteiger partial charge is 0.454 e. The van der Waals surface area contributed by atoms with E-state index < -0.39 is 6.10 Å². The number of aliphatic hydroxyl groups is 1. The van der Waals surface area contributed by atoms with Crippen LogP contribution in [0.1, 0.15) is 35.2 Å². The topological polar surface area (TPSA) is 106 Å². The molecule has 8 nitrogen and oxygen atoms in total. The van der Waals surface area contributed by atoms with E-state index in [4.69, 9.17) is 14.2 Å². The number of ether oxygens (including phenoxy) is 3. The number of carbonyl (C=O) groups excluding carboxylic acids is 2. The highest BCUT2D eigenvalue weighted by Gasteiger charge is 2.33. The fraction of sp³-hybridized carbons (Fsp3) is 0.391. The van der Waals surface area contributed by atoms with Crippen LogP contribution in [0, 0.1) is 5.82 Å². The van der Waals surface area contributed by atoms with E-state index >= 15 is 0 Å². The van der Waals surface area contributed by atoms with Crippen LogP contribution in [-0.2, 0) is 16.1 Å². The molecule has 0 unspecified atom stereocenters. The third-order valence-electron chi connectivity index (χ3n) is 5.56. The minimum atomic E-state index is -0.614. The van der Waals surface area contributed by atoms with E-state index in [2.05, 4.69) is 10.6 Å². The average molecular weight is 444 g/mol. The van der Waals surface area contributed by atoms with Crippen molar-refractivity contribution in [3.05, 3.63) is 59.4 Å². The highest BCUT2D eigenvalue weighted by Crippen LogP contribution is 2.32. The Labute approximate surface area is 184 Å². The molecule has 0 spiro atoms. The molecule has 0 aliphatic carbocycles. The van der Waals surface area contributed by atoms with Gasteiger partial charge in [-0.05, 0) is 48.7 Å². The number of fused-ring (bicyclic) bond motifs is 1. The summed E-state index contributed by atoms with van der Waals surface area (Å²) in [5, 5.41) is 15.4. The zero-order chi connectivity index (χ0) is 22.5. The van der Waals surface area contributed by atoms with Gasteiger partial charge >= 0.3 is 0 Å². The van der Waals surface area contributed by atoms with Crippen molar-refractivity contribution >= 4 is 11.8 Å². The van der Waals surface area contributed by atoms with Gasteiger partial charge in [0.15, 0.2) is 11.5 Å². The first-order chi connectivity index (χ1) is 15.5. The van der Waals surface area contributed by atoms with Gasteiger partial charge in [0, 0.05) is 12.1 Å². The molecule has 0 saturated carbocycles. The summed E-state index contributed by atoms with van der Waals surface area (Å²) in [6.45, 7) is 0.144. The van der Waals surface area contributed by atoms with Crippen molar-refractivity contribution in [3.8, 4) is 11.5 Å². The monoisotopic (exact) mass is 444 g/mol. The Hall–Kier alpha value is -3.17. The zero-order valence-electron chi connectivity index (χ0n) is 17.4. The maximum Gasteiger partial charge on any atom is 0.251 e. The average Bonchev–Trinajstić information content (AvgIpc) is 3.27. The summed E-state index contributed by atoms with van der Waals surface area (Å²) in [5.74, 6) is 0.287. The number of benzene rings is 2. The van der Waals surface area contributed by atoms with Crippen LogP contribution in [0.25, 0.3) is 0 Å². The van der Waals surface area contributed by atoms with E-state index in [9.17, 15) is 19.1 Å². The van der Waals surface area contributed by atoms with Gasteiger partial charge in [0.2, 0.25) is 12.7 Å². The Morgan fingerprint density at radius 3 is 2.62 bits per heavy atom. The van der Waals surface area contributed by atoms with E-state index in [0.717, 1.165) is 5.56 Å². The molecule has 1 saturated heterocycles. The molecule has 3 atom stereocenters. The molecule has 2 heterocycles. The molecule has 2 aliphatic heterocycles. The summed E-state index contributed by atoms with van der Waals surface area (Å²) >= 11 is 0. The highest BCUT2D eigenvalue weighted by molar-refractivity contribution is 5.95. The minimum absolute atomic E-state index is 0.127. The number of hydrogen-bond donors (Lipinski definition) is 3. The Morgan fingerprint density at radius 1 is 1.06 bits per heavy atom. The SMILES string of the molecule is O=C(C[C@H]1CC[C@@H](NC(=O)c2ccc3c(c2)OCO3)[C@H](CO)O1)NCc1ccc(F)cc1. The number of amides is 2. The molecule has 4 rings (SSSR count). The second-order valence-electron chi connectivity index (χ2n) is 7.81. The standard InChI is InChI=1S/C23H25FN2O6/c24-16-4-1-14(2-5-16)11-25-22(28)10-17-6-7-18(21(12-27)32-17)26-23(29)15-3-8-19-20(9-15)31-13-30-19/h1-5,8-9,17-18,21,27H,6-7,10-13H2,(H,25,28)(H,26,29)/t17-,18-,21+/m1/s1. The smallest absolute Gasteiger partial charge is 0.251 e. The highest BCUT2D eigenvalue weighted by atomic mass is 19.1. The van der Waals surface area contributed by atoms with Crippen molar-refractivity contribution in [1.29, 1.82) is 0 Å². The van der Waals surface area contributed by atoms with Crippen LogP contribution in [0.15, 0.2) is 42.5 Å². The maximum atomic E-state index is 13.0. The van der Waals surface area contributed by atoms with Gasteiger partial charge in [-0.3, -0.25) is 9.59 Å². The van der Waals surface area contributed by atoms with Gasteiger partial charge < -0.3 is 30.0 Å². The van der Waals surface area contributed by atoms with E-state index in [-0.39, 0.29) is 49.6 Å². The fourth-order valence-corrected chi connectivity index (χ4v) is 3.82. The van der Waals surface area contributed by atoms with Crippen molar-refractivity contribution in [3.63, 3.8) is 0 Å². The predicted octanol–water partition coefficient (Wildman–Crippen LogP) is 1.90. The molecule has 0 aromatic heterocycles. The molecule has 9 heteroatoms. The number of nitrogens with one attached hydrogen (secondary N) is 2. The first-order valence-electron chi connectivity index (χ1n) is 10.5. The van der Waals surface area contributed by atoms with Gasteiger partial charge in [-0.15, -0.1) is 0 Å². The van der Waals surface area contributed by atoms with E-state index in [1.165, 1.54) is 12.1 Å². The first kappa shape index (κ1) is 22.0. The minimum Gasteiger partial charge on any atom is -0.454 e. The molecular weight excluding hydrogens is 419 g/mol. The normalized spacial score (nSPS) is 21.8. The number of hydrogen-bond acceptors (Lipinski definition) is 6. The third kappa shape index (κ3) is 5.35. The first-order valence-corrected chi connectivity index (χ1v) is 10.5. The number of carbonyl (C=O) groups is 2. The van der Waals surface area contributed by atoms with Gasteiger partial charge in [-0.1, -0.05) is 12.1 Å². The molecule has 2 aromatic rings. The van der Waals surface area contributed by atoms with Crippen LogP contribution in [-0.4, -0.2) is 48.6 Å². The van der Waals surface area contributed by atoms with E-state index in [1.54, 1.807) is 30.3 Å². The van der Waals surface area contributed by atoms with Crippen LogP contribution in [0.5, 0.6) is 11.5 Å². The van der Waals surface area contributed by atoms with Gasteiger partial charge in [-0.2, -0.15) is 0 Å². The lowest BCUT2D eigenvalue weighted by Crippen LogP contribution is -2.51. The summed E-state index contributed by atoms with van der Waals surface area (Å²) in [6.07, 6.45) is 0.292. The second kappa shape index (κ2) is 9.97. The molecular formula is C23H25FN2O6. The molecule has 0 radical (unpaired) electrons. The van der Waals surface area contributed by atoms with Gasteiger partial charge in [0.1, 0.15) is 11.9 Å². The van der Waals surface area contributed by atoms with Gasteiger partial charge in [-0.25, -0.2) is 4.39 Å². The molecule has 1 fully saturated rings. The maximum absolute atomic E-state index is 13.0. The summed E-state index contributed by atoms with van der Waals surface area (Å²) in [6, 6.07) is 10.5. The third-order valence-corrected chi connectivity index (χ3v) is 5.56. The number of rotatable bonds is 7. The quantitative estimate of drug-likeness (QED) is 0.602. The summed E-state index contributed by atoms with van der Waals surface area (Å²) in [4.78, 5) is 24.9. The Balaban J connectivity index is 1.26. The summed E-state index contributed by atoms with van der Waals surface area (Å²) in [5.41, 5.74) is 1.22. The van der Waals surface area contributed by atoms with Crippen molar-refractivity contribution in [2.75, 3.05) is 13.4 Å². The van der Waals surface area contributed by atoms with Crippen LogP contribution >= 0.6 is 0 Å². The molecule has 2 amide bonds.